The van der Waals surface area contributed by atoms with Crippen molar-refractivity contribution in [3.05, 3.63) is 97.7 Å². The largest absolute Gasteiger partial charge is 0.291 e. The first-order valence-corrected chi connectivity index (χ1v) is 9.87. The summed E-state index contributed by atoms with van der Waals surface area (Å²) >= 11 is 1.17. The van der Waals surface area contributed by atoms with Gasteiger partial charge in [0.1, 0.15) is 6.54 Å². The molecule has 31 heavy (non-hydrogen) atoms. The number of hydrogen-bond acceptors (Lipinski definition) is 7. The van der Waals surface area contributed by atoms with Gasteiger partial charge < -0.3 is 0 Å². The predicted octanol–water partition coefficient (Wildman–Crippen LogP) is 3.19. The van der Waals surface area contributed by atoms with Crippen molar-refractivity contribution in [2.24, 2.45) is 0 Å². The molecule has 0 atom stereocenters. The van der Waals surface area contributed by atoms with Gasteiger partial charge in [-0.3, -0.25) is 29.3 Å². The smallest absolute Gasteiger partial charge is 0.280 e. The number of nitro benzene ring substituents is 1. The molecular formula is C21H13N3O6S. The highest BCUT2D eigenvalue weighted by Gasteiger charge is 2.42. The lowest BCUT2D eigenvalue weighted by atomic mass is 10.1. The van der Waals surface area contributed by atoms with E-state index >= 15 is 0 Å². The highest BCUT2D eigenvalue weighted by Crippen LogP contribution is 2.26. The standard InChI is InChI=1S/C21H13N3O6S/c25-17(18-6-3-11-31-18)12-22(19(26)13-7-9-14(10-8-13)24(29)30)23-20(27)15-4-1-2-5-16(15)21(23)28/h1-11H,12H2. The Kier molecular flexibility index (Phi) is 5.14. The van der Waals surface area contributed by atoms with Crippen molar-refractivity contribution in [3.8, 4) is 0 Å². The van der Waals surface area contributed by atoms with Gasteiger partial charge >= 0.3 is 0 Å². The minimum absolute atomic E-state index is 0.0128. The number of rotatable bonds is 6. The lowest BCUT2D eigenvalue weighted by Gasteiger charge is -2.29. The molecule has 3 aromatic rings. The summed E-state index contributed by atoms with van der Waals surface area (Å²) in [5.74, 6) is -2.72. The van der Waals surface area contributed by atoms with Crippen LogP contribution in [0.15, 0.2) is 66.0 Å². The minimum Gasteiger partial charge on any atom is -0.291 e. The zero-order chi connectivity index (χ0) is 22.1. The Bertz CT molecular complexity index is 1190. The molecule has 154 valence electrons. The lowest BCUT2D eigenvalue weighted by molar-refractivity contribution is -0.384. The van der Waals surface area contributed by atoms with E-state index in [0.29, 0.717) is 9.89 Å². The number of ketones is 1. The molecule has 9 nitrogen and oxygen atoms in total. The van der Waals surface area contributed by atoms with E-state index in [0.717, 1.165) is 17.1 Å². The van der Waals surface area contributed by atoms with Crippen LogP contribution in [0, 0.1) is 10.1 Å². The number of carbonyl (C=O) groups excluding carboxylic acids is 4. The molecule has 2 aromatic carbocycles. The maximum atomic E-state index is 13.2. The Balaban J connectivity index is 1.72. The Morgan fingerprint density at radius 1 is 0.935 bits per heavy atom. The van der Waals surface area contributed by atoms with E-state index in [-0.39, 0.29) is 22.4 Å². The summed E-state index contributed by atoms with van der Waals surface area (Å²) in [6.07, 6.45) is 0. The second kappa shape index (κ2) is 7.92. The molecule has 0 saturated carbocycles. The van der Waals surface area contributed by atoms with Gasteiger partial charge in [-0.05, 0) is 35.7 Å². The molecule has 1 aliphatic rings. The van der Waals surface area contributed by atoms with Gasteiger partial charge in [-0.1, -0.05) is 18.2 Å². The van der Waals surface area contributed by atoms with E-state index in [2.05, 4.69) is 0 Å². The number of amides is 3. The van der Waals surface area contributed by atoms with E-state index < -0.39 is 35.0 Å². The summed E-state index contributed by atoms with van der Waals surface area (Å²) in [5, 5.41) is 14.0. The Labute approximate surface area is 179 Å². The highest BCUT2D eigenvalue weighted by molar-refractivity contribution is 7.12. The van der Waals surface area contributed by atoms with Crippen LogP contribution < -0.4 is 0 Å². The summed E-state index contributed by atoms with van der Waals surface area (Å²) in [4.78, 5) is 62.4. The van der Waals surface area contributed by atoms with Crippen LogP contribution in [0.4, 0.5) is 5.69 Å². The van der Waals surface area contributed by atoms with Crippen molar-refractivity contribution < 1.29 is 24.1 Å². The number of nitrogens with zero attached hydrogens (tertiary/aromatic N) is 3. The molecule has 4 rings (SSSR count). The minimum atomic E-state index is -0.811. The molecule has 0 saturated heterocycles. The van der Waals surface area contributed by atoms with E-state index in [1.165, 1.54) is 35.6 Å². The fraction of sp³-hybridized carbons (Fsp3) is 0.0476. The maximum absolute atomic E-state index is 13.2. The highest BCUT2D eigenvalue weighted by atomic mass is 32.1. The van der Waals surface area contributed by atoms with Crippen molar-refractivity contribution in [3.63, 3.8) is 0 Å². The molecule has 0 fully saturated rings. The summed E-state index contributed by atoms with van der Waals surface area (Å²) < 4.78 is 0. The second-order valence-electron chi connectivity index (χ2n) is 6.53. The van der Waals surface area contributed by atoms with Gasteiger partial charge in [0.2, 0.25) is 0 Å². The van der Waals surface area contributed by atoms with Crippen molar-refractivity contribution in [2.45, 2.75) is 0 Å². The molecular weight excluding hydrogens is 422 g/mol. The summed E-state index contributed by atoms with van der Waals surface area (Å²) in [5.41, 5.74) is 0.00905. The van der Waals surface area contributed by atoms with Gasteiger partial charge in [0.15, 0.2) is 5.78 Å². The van der Waals surface area contributed by atoms with Crippen LogP contribution in [0.2, 0.25) is 0 Å². The number of benzene rings is 2. The van der Waals surface area contributed by atoms with Crippen molar-refractivity contribution in [1.82, 2.24) is 10.0 Å². The van der Waals surface area contributed by atoms with Crippen LogP contribution in [0.1, 0.15) is 40.7 Å². The molecule has 3 amide bonds. The number of Topliss-reactive ketones (excluding diaryl/α,β-unsaturated/α-hetero) is 1. The number of hydrogen-bond donors (Lipinski definition) is 0. The van der Waals surface area contributed by atoms with Crippen molar-refractivity contribution in [2.75, 3.05) is 6.54 Å². The molecule has 0 aliphatic carbocycles. The molecule has 0 radical (unpaired) electrons. The van der Waals surface area contributed by atoms with Crippen LogP contribution in [0.5, 0.6) is 0 Å². The Morgan fingerprint density at radius 2 is 1.55 bits per heavy atom. The van der Waals surface area contributed by atoms with Gasteiger partial charge in [-0.2, -0.15) is 5.01 Å². The topological polar surface area (TPSA) is 118 Å². The number of non-ortho nitro benzene ring substituents is 1. The van der Waals surface area contributed by atoms with Crippen LogP contribution in [0.3, 0.4) is 0 Å². The van der Waals surface area contributed by atoms with Gasteiger partial charge in [0, 0.05) is 17.7 Å². The first-order valence-electron chi connectivity index (χ1n) is 8.99. The van der Waals surface area contributed by atoms with Crippen LogP contribution in [0.25, 0.3) is 0 Å². The zero-order valence-corrected chi connectivity index (χ0v) is 16.6. The number of hydrazine groups is 1. The molecule has 10 heteroatoms. The summed E-state index contributed by atoms with van der Waals surface area (Å²) in [6.45, 7) is -0.554. The third-order valence-electron chi connectivity index (χ3n) is 4.66. The first kappa shape index (κ1) is 20.1. The van der Waals surface area contributed by atoms with Gasteiger partial charge in [0.05, 0.1) is 20.9 Å². The number of imide groups is 1. The molecule has 0 bridgehead atoms. The SMILES string of the molecule is O=C(CN(C(=O)c1ccc([N+](=O)[O-])cc1)N1C(=O)c2ccccc2C1=O)c1cccs1. The third kappa shape index (κ3) is 3.60. The summed E-state index contributed by atoms with van der Waals surface area (Å²) in [7, 11) is 0. The van der Waals surface area contributed by atoms with Crippen LogP contribution in [-0.2, 0) is 0 Å². The van der Waals surface area contributed by atoms with Gasteiger partial charge in [-0.15, -0.1) is 11.3 Å². The average Bonchev–Trinajstić information content (AvgIpc) is 3.40. The third-order valence-corrected chi connectivity index (χ3v) is 5.57. The van der Waals surface area contributed by atoms with E-state index in [1.807, 2.05) is 0 Å². The maximum Gasteiger partial charge on any atom is 0.280 e. The van der Waals surface area contributed by atoms with Crippen molar-refractivity contribution >= 4 is 40.5 Å². The summed E-state index contributed by atoms with van der Waals surface area (Å²) in [6, 6.07) is 14.0. The van der Waals surface area contributed by atoms with Gasteiger partial charge in [-0.25, -0.2) is 5.01 Å². The van der Waals surface area contributed by atoms with Crippen LogP contribution in [-0.4, -0.2) is 45.0 Å². The average molecular weight is 435 g/mol. The molecule has 1 aliphatic heterocycles. The fourth-order valence-electron chi connectivity index (χ4n) is 3.16. The lowest BCUT2D eigenvalue weighted by Crippen LogP contribution is -2.51. The van der Waals surface area contributed by atoms with Gasteiger partial charge in [0.25, 0.3) is 23.4 Å². The monoisotopic (exact) mass is 435 g/mol. The predicted molar refractivity (Wildman–Crippen MR) is 110 cm³/mol. The normalized spacial score (nSPS) is 12.6. The molecule has 1 aromatic heterocycles. The number of fused-ring (bicyclic) bond motifs is 1. The first-order chi connectivity index (χ1) is 14.9. The molecule has 0 unspecified atom stereocenters. The van der Waals surface area contributed by atoms with E-state index in [4.69, 9.17) is 0 Å². The van der Waals surface area contributed by atoms with Crippen molar-refractivity contribution in [1.29, 1.82) is 0 Å². The quantitative estimate of drug-likeness (QED) is 0.254. The van der Waals surface area contributed by atoms with E-state index in [1.54, 1.807) is 29.6 Å². The number of carbonyl (C=O) groups is 4. The Morgan fingerprint density at radius 3 is 2.06 bits per heavy atom. The number of nitro groups is 1. The zero-order valence-electron chi connectivity index (χ0n) is 15.8. The molecule has 0 N–H and O–H groups in total. The second-order valence-corrected chi connectivity index (χ2v) is 7.48. The van der Waals surface area contributed by atoms with E-state index in [9.17, 15) is 29.3 Å². The van der Waals surface area contributed by atoms with Crippen LogP contribution >= 0.6 is 11.3 Å². The molecule has 0 spiro atoms. The molecule has 2 heterocycles. The Hall–Kier alpha value is -4.18. The number of thiophene rings is 1. The fourth-order valence-corrected chi connectivity index (χ4v) is 3.81.